The van der Waals surface area contributed by atoms with Gasteiger partial charge in [0.05, 0.1) is 0 Å². The summed E-state index contributed by atoms with van der Waals surface area (Å²) in [5, 5.41) is 8.95. The lowest BCUT2D eigenvalue weighted by molar-refractivity contribution is 0.667. The SMILES string of the molecule is c1ccc(-c2ccc(-c3nc(-c4ccccc4)nc(-c4cccc(-c5cccc6c5oc5c6cc6oc7cccc8c9ccccc9c5c6c78)c4)n3)cc2)cc1. The Morgan fingerprint density at radius 3 is 1.61 bits per heavy atom. The molecule has 3 aromatic heterocycles. The normalized spacial score (nSPS) is 11.9. The van der Waals surface area contributed by atoms with E-state index in [9.17, 15) is 0 Å². The van der Waals surface area contributed by atoms with Crippen LogP contribution in [-0.4, -0.2) is 15.0 Å². The Morgan fingerprint density at radius 2 is 0.821 bits per heavy atom. The van der Waals surface area contributed by atoms with Gasteiger partial charge in [0.2, 0.25) is 0 Å². The van der Waals surface area contributed by atoms with Gasteiger partial charge < -0.3 is 8.83 Å². The second-order valence-electron chi connectivity index (χ2n) is 14.3. The Labute approximate surface area is 320 Å². The molecular weight excluding hydrogens is 687 g/mol. The molecule has 0 amide bonds. The first-order valence-electron chi connectivity index (χ1n) is 18.8. The molecule has 0 atom stereocenters. The van der Waals surface area contributed by atoms with E-state index in [4.69, 9.17) is 23.8 Å². The van der Waals surface area contributed by atoms with Gasteiger partial charge in [-0.15, -0.1) is 0 Å². The molecule has 0 aliphatic heterocycles. The third-order valence-corrected chi connectivity index (χ3v) is 11.1. The maximum atomic E-state index is 7.03. The minimum Gasteiger partial charge on any atom is -0.456 e. The van der Waals surface area contributed by atoms with Crippen molar-refractivity contribution in [2.75, 3.05) is 0 Å². The number of benzene rings is 9. The van der Waals surface area contributed by atoms with Gasteiger partial charge in [-0.2, -0.15) is 0 Å². The third kappa shape index (κ3) is 4.64. The van der Waals surface area contributed by atoms with Gasteiger partial charge in [0.15, 0.2) is 17.5 Å². The van der Waals surface area contributed by atoms with Gasteiger partial charge in [0, 0.05) is 49.2 Å². The predicted octanol–water partition coefficient (Wildman–Crippen LogP) is 13.7. The number of aromatic nitrogens is 3. The van der Waals surface area contributed by atoms with E-state index in [1.165, 1.54) is 10.8 Å². The topological polar surface area (TPSA) is 65.0 Å². The quantitative estimate of drug-likeness (QED) is 0.166. The maximum Gasteiger partial charge on any atom is 0.164 e. The van der Waals surface area contributed by atoms with Gasteiger partial charge in [0.1, 0.15) is 22.3 Å². The van der Waals surface area contributed by atoms with Crippen molar-refractivity contribution in [1.82, 2.24) is 15.0 Å². The molecular formula is C51H29N3O2. The number of fused-ring (bicyclic) bond motifs is 7. The lowest BCUT2D eigenvalue weighted by Gasteiger charge is -2.10. The molecule has 260 valence electrons. The summed E-state index contributed by atoms with van der Waals surface area (Å²) in [6, 6.07) is 60.7. The minimum atomic E-state index is 0.601. The number of hydrogen-bond acceptors (Lipinski definition) is 5. The van der Waals surface area contributed by atoms with Crippen LogP contribution in [0.4, 0.5) is 0 Å². The Morgan fingerprint density at radius 1 is 0.286 bits per heavy atom. The van der Waals surface area contributed by atoms with Crippen LogP contribution in [0.1, 0.15) is 0 Å². The number of furan rings is 2. The van der Waals surface area contributed by atoms with Gasteiger partial charge >= 0.3 is 0 Å². The average Bonchev–Trinajstić information content (AvgIpc) is 3.85. The molecule has 56 heavy (non-hydrogen) atoms. The number of nitrogens with zero attached hydrogens (tertiary/aromatic N) is 3. The average molecular weight is 716 g/mol. The summed E-state index contributed by atoms with van der Waals surface area (Å²) in [6.45, 7) is 0. The molecule has 12 rings (SSSR count). The van der Waals surface area contributed by atoms with Crippen LogP contribution >= 0.6 is 0 Å². The van der Waals surface area contributed by atoms with Crippen molar-refractivity contribution >= 4 is 65.4 Å². The van der Waals surface area contributed by atoms with Gasteiger partial charge in [-0.3, -0.25) is 0 Å². The Balaban J connectivity index is 1.03. The van der Waals surface area contributed by atoms with Gasteiger partial charge in [-0.05, 0) is 51.0 Å². The van der Waals surface area contributed by atoms with Crippen LogP contribution in [0.25, 0.3) is 122 Å². The summed E-state index contributed by atoms with van der Waals surface area (Å²) in [5.74, 6) is 1.84. The molecule has 0 saturated carbocycles. The first-order chi connectivity index (χ1) is 27.7. The summed E-state index contributed by atoms with van der Waals surface area (Å²) in [7, 11) is 0. The zero-order valence-electron chi connectivity index (χ0n) is 29.9. The molecule has 0 fully saturated rings. The number of para-hydroxylation sites is 1. The third-order valence-electron chi connectivity index (χ3n) is 11.1. The summed E-state index contributed by atoms with van der Waals surface area (Å²) in [6.07, 6.45) is 0. The minimum absolute atomic E-state index is 0.601. The van der Waals surface area contributed by atoms with E-state index in [-0.39, 0.29) is 0 Å². The van der Waals surface area contributed by atoms with Crippen LogP contribution in [-0.2, 0) is 0 Å². The highest BCUT2D eigenvalue weighted by Crippen LogP contribution is 2.48. The van der Waals surface area contributed by atoms with Crippen LogP contribution in [0.5, 0.6) is 0 Å². The summed E-state index contributed by atoms with van der Waals surface area (Å²) >= 11 is 0. The molecule has 9 aromatic carbocycles. The molecule has 0 bridgehead atoms. The molecule has 0 spiro atoms. The monoisotopic (exact) mass is 715 g/mol. The van der Waals surface area contributed by atoms with Crippen molar-refractivity contribution in [2.24, 2.45) is 0 Å². The molecule has 5 nitrogen and oxygen atoms in total. The Kier molecular flexibility index (Phi) is 6.56. The zero-order chi connectivity index (χ0) is 36.7. The van der Waals surface area contributed by atoms with Gasteiger partial charge in [0.25, 0.3) is 0 Å². The molecule has 12 aromatic rings. The molecule has 0 aliphatic rings. The van der Waals surface area contributed by atoms with Crippen molar-refractivity contribution in [3.05, 3.63) is 176 Å². The Hall–Kier alpha value is -7.63. The number of rotatable bonds is 5. The zero-order valence-corrected chi connectivity index (χ0v) is 29.9. The smallest absolute Gasteiger partial charge is 0.164 e. The predicted molar refractivity (Wildman–Crippen MR) is 228 cm³/mol. The molecule has 0 saturated heterocycles. The lowest BCUT2D eigenvalue weighted by atomic mass is 9.93. The van der Waals surface area contributed by atoms with Crippen LogP contribution in [0.2, 0.25) is 0 Å². The van der Waals surface area contributed by atoms with Crippen molar-refractivity contribution in [3.8, 4) is 56.4 Å². The van der Waals surface area contributed by atoms with Crippen LogP contribution < -0.4 is 0 Å². The maximum absolute atomic E-state index is 7.03. The summed E-state index contributed by atoms with van der Waals surface area (Å²) in [5.41, 5.74) is 10.5. The fourth-order valence-corrected chi connectivity index (χ4v) is 8.49. The van der Waals surface area contributed by atoms with E-state index < -0.39 is 0 Å². The van der Waals surface area contributed by atoms with Crippen LogP contribution in [0.3, 0.4) is 0 Å². The highest BCUT2D eigenvalue weighted by Gasteiger charge is 2.23. The molecule has 5 heteroatoms. The second kappa shape index (κ2) is 11.9. The van der Waals surface area contributed by atoms with E-state index in [0.29, 0.717) is 17.5 Å². The molecule has 0 unspecified atom stereocenters. The van der Waals surface area contributed by atoms with E-state index in [1.54, 1.807) is 0 Å². The van der Waals surface area contributed by atoms with E-state index in [2.05, 4.69) is 140 Å². The van der Waals surface area contributed by atoms with E-state index in [1.807, 2.05) is 36.4 Å². The highest BCUT2D eigenvalue weighted by molar-refractivity contribution is 6.38. The molecule has 0 N–H and O–H groups in total. The highest BCUT2D eigenvalue weighted by atomic mass is 16.3. The Bertz CT molecular complexity index is 3460. The summed E-state index contributed by atoms with van der Waals surface area (Å²) in [4.78, 5) is 15.1. The fraction of sp³-hybridized carbons (Fsp3) is 0. The van der Waals surface area contributed by atoms with Crippen molar-refractivity contribution in [1.29, 1.82) is 0 Å². The standard InChI is InChI=1S/C51H29N3O2/c1-3-12-30(13-4-1)31-24-26-33(27-25-31)50-52-49(32-14-5-2-6-15-32)53-51(54-50)35-17-9-16-34(28-35)36-20-10-22-40-41-29-43-46-44-38(21-11-23-42(44)55-43)37-18-7-8-19-39(37)45(46)48(41)56-47(36)40/h1-29H. The van der Waals surface area contributed by atoms with Crippen LogP contribution in [0.15, 0.2) is 185 Å². The first-order valence-corrected chi connectivity index (χ1v) is 18.8. The second-order valence-corrected chi connectivity index (χ2v) is 14.3. The van der Waals surface area contributed by atoms with E-state index >= 15 is 0 Å². The first kappa shape index (κ1) is 30.8. The number of hydrogen-bond donors (Lipinski definition) is 0. The largest absolute Gasteiger partial charge is 0.456 e. The van der Waals surface area contributed by atoms with E-state index in [0.717, 1.165) is 93.6 Å². The lowest BCUT2D eigenvalue weighted by Crippen LogP contribution is -2.00. The van der Waals surface area contributed by atoms with Crippen molar-refractivity contribution in [2.45, 2.75) is 0 Å². The van der Waals surface area contributed by atoms with Crippen molar-refractivity contribution in [3.63, 3.8) is 0 Å². The van der Waals surface area contributed by atoms with Gasteiger partial charge in [-0.25, -0.2) is 15.0 Å². The molecule has 3 heterocycles. The fourth-order valence-electron chi connectivity index (χ4n) is 8.49. The molecule has 0 aliphatic carbocycles. The molecule has 0 radical (unpaired) electrons. The van der Waals surface area contributed by atoms with Crippen molar-refractivity contribution < 1.29 is 8.83 Å². The summed E-state index contributed by atoms with van der Waals surface area (Å²) < 4.78 is 13.6. The van der Waals surface area contributed by atoms with Gasteiger partial charge in [-0.1, -0.05) is 158 Å². The van der Waals surface area contributed by atoms with Crippen LogP contribution in [0, 0.1) is 0 Å².